The fraction of sp³-hybridized carbons (Fsp3) is 0.357. The maximum atomic E-state index is 12.1. The number of terminal acetylenes is 1. The maximum Gasteiger partial charge on any atom is 0.253 e. The molecule has 1 atom stereocenters. The number of carbonyl (C=O) groups is 1. The van der Waals surface area contributed by atoms with E-state index in [1.54, 1.807) is 12.1 Å². The molecule has 4 nitrogen and oxygen atoms in total. The highest BCUT2D eigenvalue weighted by molar-refractivity contribution is 6.00. The van der Waals surface area contributed by atoms with Crippen LogP contribution in [0.25, 0.3) is 0 Å². The highest BCUT2D eigenvalue weighted by atomic mass is 16.1. The highest BCUT2D eigenvalue weighted by Gasteiger charge is 2.15. The molecule has 1 unspecified atom stereocenters. The van der Waals surface area contributed by atoms with E-state index < -0.39 is 0 Å². The van der Waals surface area contributed by atoms with E-state index in [1.165, 1.54) is 0 Å². The molecule has 0 bridgehead atoms. The molecular formula is C14H19N3O. The van der Waals surface area contributed by atoms with Gasteiger partial charge in [0.25, 0.3) is 5.91 Å². The third kappa shape index (κ3) is 3.42. The van der Waals surface area contributed by atoms with Crippen LogP contribution in [0.2, 0.25) is 0 Å². The second-order valence-electron chi connectivity index (χ2n) is 4.45. The largest absolute Gasteiger partial charge is 0.399 e. The Morgan fingerprint density at radius 2 is 2.22 bits per heavy atom. The van der Waals surface area contributed by atoms with Gasteiger partial charge >= 0.3 is 0 Å². The highest BCUT2D eigenvalue weighted by Crippen LogP contribution is 2.21. The topological polar surface area (TPSA) is 58.4 Å². The molecular weight excluding hydrogens is 226 g/mol. The van der Waals surface area contributed by atoms with Crippen LogP contribution in [0.15, 0.2) is 18.2 Å². The van der Waals surface area contributed by atoms with Crippen LogP contribution in [0, 0.1) is 12.3 Å². The fourth-order valence-electron chi connectivity index (χ4n) is 1.65. The van der Waals surface area contributed by atoms with Crippen molar-refractivity contribution in [3.63, 3.8) is 0 Å². The van der Waals surface area contributed by atoms with E-state index in [0.717, 1.165) is 5.69 Å². The average Bonchev–Trinajstić information content (AvgIpc) is 2.28. The molecule has 0 aliphatic rings. The Bertz CT molecular complexity index is 474. The average molecular weight is 245 g/mol. The van der Waals surface area contributed by atoms with E-state index in [4.69, 9.17) is 12.2 Å². The lowest BCUT2D eigenvalue weighted by Crippen LogP contribution is -2.33. The van der Waals surface area contributed by atoms with Gasteiger partial charge in [-0.15, -0.1) is 12.3 Å². The van der Waals surface area contributed by atoms with Crippen LogP contribution in [0.5, 0.6) is 0 Å². The van der Waals surface area contributed by atoms with Crippen LogP contribution in [-0.4, -0.2) is 26.0 Å². The Balaban J connectivity index is 2.97. The molecule has 3 N–H and O–H groups in total. The van der Waals surface area contributed by atoms with Crippen molar-refractivity contribution in [1.29, 1.82) is 0 Å². The first-order chi connectivity index (χ1) is 8.45. The first-order valence-corrected chi connectivity index (χ1v) is 5.77. The summed E-state index contributed by atoms with van der Waals surface area (Å²) < 4.78 is 0. The lowest BCUT2D eigenvalue weighted by Gasteiger charge is -2.19. The van der Waals surface area contributed by atoms with Crippen molar-refractivity contribution in [2.24, 2.45) is 0 Å². The Kier molecular flexibility index (Phi) is 4.61. The standard InChI is InChI=1S/C14H19N3O/c1-5-6-10(2)16-14(18)12-9-11(15)7-8-13(12)17(3)4/h1,7-10H,6,15H2,2-4H3,(H,16,18). The minimum atomic E-state index is -0.159. The summed E-state index contributed by atoms with van der Waals surface area (Å²) >= 11 is 0. The molecule has 0 aliphatic heterocycles. The first kappa shape index (κ1) is 13.9. The normalized spacial score (nSPS) is 11.4. The maximum absolute atomic E-state index is 12.1. The van der Waals surface area contributed by atoms with Gasteiger partial charge in [-0.1, -0.05) is 0 Å². The van der Waals surface area contributed by atoms with E-state index in [0.29, 0.717) is 17.7 Å². The third-order valence-electron chi connectivity index (χ3n) is 2.55. The molecule has 0 spiro atoms. The van der Waals surface area contributed by atoms with Gasteiger partial charge in [0, 0.05) is 37.9 Å². The molecule has 1 amide bonds. The van der Waals surface area contributed by atoms with Crippen molar-refractivity contribution in [3.8, 4) is 12.3 Å². The summed E-state index contributed by atoms with van der Waals surface area (Å²) in [6.07, 6.45) is 5.72. The molecule has 0 radical (unpaired) electrons. The Hall–Kier alpha value is -2.15. The molecule has 0 saturated heterocycles. The Morgan fingerprint density at radius 3 is 2.78 bits per heavy atom. The number of hydrogen-bond donors (Lipinski definition) is 2. The third-order valence-corrected chi connectivity index (χ3v) is 2.55. The minimum absolute atomic E-state index is 0.0565. The molecule has 96 valence electrons. The molecule has 0 aromatic heterocycles. The van der Waals surface area contributed by atoms with Gasteiger partial charge in [-0.2, -0.15) is 0 Å². The van der Waals surface area contributed by atoms with Crippen molar-refractivity contribution in [2.75, 3.05) is 24.7 Å². The van der Waals surface area contributed by atoms with Crippen LogP contribution in [-0.2, 0) is 0 Å². The lowest BCUT2D eigenvalue weighted by molar-refractivity contribution is 0.0941. The number of carbonyl (C=O) groups excluding carboxylic acids is 1. The van der Waals surface area contributed by atoms with Crippen LogP contribution >= 0.6 is 0 Å². The predicted molar refractivity (Wildman–Crippen MR) is 75.6 cm³/mol. The van der Waals surface area contributed by atoms with Gasteiger partial charge in [0.05, 0.1) is 5.56 Å². The first-order valence-electron chi connectivity index (χ1n) is 5.77. The smallest absolute Gasteiger partial charge is 0.253 e. The van der Waals surface area contributed by atoms with Crippen molar-refractivity contribution < 1.29 is 4.79 Å². The number of nitrogens with one attached hydrogen (secondary N) is 1. The van der Waals surface area contributed by atoms with Gasteiger partial charge in [-0.3, -0.25) is 4.79 Å². The number of amides is 1. The van der Waals surface area contributed by atoms with Gasteiger partial charge in [0.2, 0.25) is 0 Å². The number of hydrogen-bond acceptors (Lipinski definition) is 3. The minimum Gasteiger partial charge on any atom is -0.399 e. The monoisotopic (exact) mass is 245 g/mol. The van der Waals surface area contributed by atoms with Crippen molar-refractivity contribution in [2.45, 2.75) is 19.4 Å². The van der Waals surface area contributed by atoms with Crippen LogP contribution in [0.1, 0.15) is 23.7 Å². The zero-order valence-corrected chi connectivity index (χ0v) is 11.0. The van der Waals surface area contributed by atoms with E-state index in [1.807, 2.05) is 32.0 Å². The molecule has 0 saturated carbocycles. The number of benzene rings is 1. The summed E-state index contributed by atoms with van der Waals surface area (Å²) in [5.74, 6) is 2.36. The van der Waals surface area contributed by atoms with E-state index in [-0.39, 0.29) is 11.9 Å². The lowest BCUT2D eigenvalue weighted by atomic mass is 10.1. The molecule has 1 rings (SSSR count). The van der Waals surface area contributed by atoms with Crippen LogP contribution < -0.4 is 16.0 Å². The number of nitrogen functional groups attached to an aromatic ring is 1. The van der Waals surface area contributed by atoms with Crippen molar-refractivity contribution in [1.82, 2.24) is 5.32 Å². The summed E-state index contributed by atoms with van der Waals surface area (Å²) in [5.41, 5.74) is 7.68. The van der Waals surface area contributed by atoms with Crippen LogP contribution in [0.4, 0.5) is 11.4 Å². The summed E-state index contributed by atoms with van der Waals surface area (Å²) in [6, 6.07) is 5.22. The molecule has 0 aliphatic carbocycles. The summed E-state index contributed by atoms with van der Waals surface area (Å²) in [4.78, 5) is 14.0. The summed E-state index contributed by atoms with van der Waals surface area (Å²) in [6.45, 7) is 1.87. The molecule has 4 heteroatoms. The molecule has 0 fully saturated rings. The van der Waals surface area contributed by atoms with E-state index in [2.05, 4.69) is 11.2 Å². The Labute approximate surface area is 108 Å². The molecule has 1 aromatic carbocycles. The van der Waals surface area contributed by atoms with Gasteiger partial charge in [0.15, 0.2) is 0 Å². The summed E-state index contributed by atoms with van der Waals surface area (Å²) in [7, 11) is 3.76. The van der Waals surface area contributed by atoms with Gasteiger partial charge in [-0.25, -0.2) is 0 Å². The fourth-order valence-corrected chi connectivity index (χ4v) is 1.65. The number of anilines is 2. The quantitative estimate of drug-likeness (QED) is 0.624. The number of nitrogens with two attached hydrogens (primary N) is 1. The second-order valence-corrected chi connectivity index (χ2v) is 4.45. The molecule has 0 heterocycles. The number of rotatable bonds is 4. The zero-order valence-electron chi connectivity index (χ0n) is 11.0. The number of nitrogens with zero attached hydrogens (tertiary/aromatic N) is 1. The van der Waals surface area contributed by atoms with Crippen molar-refractivity contribution in [3.05, 3.63) is 23.8 Å². The molecule has 1 aromatic rings. The Morgan fingerprint density at radius 1 is 1.56 bits per heavy atom. The predicted octanol–water partition coefficient (Wildman–Crippen LogP) is 1.48. The summed E-state index contributed by atoms with van der Waals surface area (Å²) in [5, 5.41) is 2.86. The van der Waals surface area contributed by atoms with Gasteiger partial charge in [0.1, 0.15) is 0 Å². The van der Waals surface area contributed by atoms with Crippen LogP contribution in [0.3, 0.4) is 0 Å². The van der Waals surface area contributed by atoms with E-state index in [9.17, 15) is 4.79 Å². The van der Waals surface area contributed by atoms with Crippen molar-refractivity contribution >= 4 is 17.3 Å². The second kappa shape index (κ2) is 5.97. The van der Waals surface area contributed by atoms with Gasteiger partial charge < -0.3 is 16.0 Å². The van der Waals surface area contributed by atoms with E-state index >= 15 is 0 Å². The zero-order chi connectivity index (χ0) is 13.7. The molecule has 18 heavy (non-hydrogen) atoms. The van der Waals surface area contributed by atoms with Gasteiger partial charge in [-0.05, 0) is 25.1 Å². The SMILES string of the molecule is C#CCC(C)NC(=O)c1cc(N)ccc1N(C)C.